The van der Waals surface area contributed by atoms with Crippen molar-refractivity contribution in [2.24, 2.45) is 0 Å². The Morgan fingerprint density at radius 1 is 0.172 bits per heavy atom. The van der Waals surface area contributed by atoms with Crippen LogP contribution in [-0.2, 0) is 5.41 Å². The molecule has 0 atom stereocenters. The number of para-hydroxylation sites is 2. The number of rotatable bonds is 11. The second-order valence-corrected chi connectivity index (χ2v) is 24.7. The van der Waals surface area contributed by atoms with E-state index in [1.54, 1.807) is 0 Å². The molecule has 0 fully saturated rings. The lowest BCUT2D eigenvalue weighted by molar-refractivity contribution is 0.769. The lowest BCUT2D eigenvalue weighted by Crippen LogP contribution is -2.28. The average molecular weight is 1180 g/mol. The topological polar surface area (TPSA) is 9.86 Å². The summed E-state index contributed by atoms with van der Waals surface area (Å²) in [7, 11) is 0. The van der Waals surface area contributed by atoms with E-state index in [9.17, 15) is 0 Å². The zero-order chi connectivity index (χ0) is 61.4. The maximum atomic E-state index is 2.43. The Hall–Kier alpha value is -12.1. The molecule has 2 nitrogen and oxygen atoms in total. The minimum absolute atomic E-state index is 0.543. The summed E-state index contributed by atoms with van der Waals surface area (Å²) in [6, 6.07) is 135. The van der Waals surface area contributed by atoms with Crippen molar-refractivity contribution in [3.05, 3.63) is 386 Å². The summed E-state index contributed by atoms with van der Waals surface area (Å²) in [5.41, 5.74) is 30.9. The second-order valence-electron chi connectivity index (χ2n) is 24.7. The highest BCUT2D eigenvalue weighted by molar-refractivity contribution is 6.13. The van der Waals surface area contributed by atoms with Crippen LogP contribution in [0.15, 0.2) is 364 Å². The van der Waals surface area contributed by atoms with Gasteiger partial charge in [-0.15, -0.1) is 0 Å². The number of hydrogen-bond acceptors (Lipinski definition) is 0. The van der Waals surface area contributed by atoms with Crippen LogP contribution in [0.3, 0.4) is 0 Å². The standard InChI is InChI=1S/C91H60N2/c1-3-19-61(20-4-1)63-39-45-66(46-40-63)69-23-15-27-75(55-69)91(85-35-11-7-31-79(85)80-32-8-12-36-86(80)91)76-28-16-24-70(56-76)67-47-41-64(42-48-67)65-43-49-68(50-44-65)72-26-18-30-78(58-72)93-88-38-14-10-34-82(88)84-60-74(52-54-90(84)93)73-51-53-89-83(59-73)81-33-9-13-37-87(81)92(89)77-29-17-25-71(57-77)62-21-5-2-6-22-62/h1-60H. The van der Waals surface area contributed by atoms with E-state index in [0.29, 0.717) is 0 Å². The van der Waals surface area contributed by atoms with E-state index in [2.05, 4.69) is 373 Å². The lowest BCUT2D eigenvalue weighted by atomic mass is 9.67. The maximum Gasteiger partial charge on any atom is 0.0713 e. The molecule has 1 aliphatic rings. The monoisotopic (exact) mass is 1180 g/mol. The molecule has 0 radical (unpaired) electrons. The van der Waals surface area contributed by atoms with E-state index in [1.165, 1.54) is 155 Å². The van der Waals surface area contributed by atoms with Crippen LogP contribution < -0.4 is 0 Å². The van der Waals surface area contributed by atoms with Gasteiger partial charge in [0.1, 0.15) is 0 Å². The summed E-state index contributed by atoms with van der Waals surface area (Å²) in [5.74, 6) is 0. The minimum Gasteiger partial charge on any atom is -0.309 e. The van der Waals surface area contributed by atoms with Crippen LogP contribution >= 0.6 is 0 Å². The molecule has 0 saturated heterocycles. The molecule has 1 aliphatic carbocycles. The summed E-state index contributed by atoms with van der Waals surface area (Å²) in [6.07, 6.45) is 0. The first-order chi connectivity index (χ1) is 46.1. The van der Waals surface area contributed by atoms with E-state index >= 15 is 0 Å². The summed E-state index contributed by atoms with van der Waals surface area (Å²) >= 11 is 0. The normalized spacial score (nSPS) is 12.4. The highest BCUT2D eigenvalue weighted by Gasteiger charge is 2.46. The number of aromatic nitrogens is 2. The van der Waals surface area contributed by atoms with E-state index in [-0.39, 0.29) is 0 Å². The predicted molar refractivity (Wildman–Crippen MR) is 390 cm³/mol. The van der Waals surface area contributed by atoms with Crippen molar-refractivity contribution >= 4 is 43.6 Å². The van der Waals surface area contributed by atoms with Crippen LogP contribution in [0.2, 0.25) is 0 Å². The molecule has 0 saturated carbocycles. The van der Waals surface area contributed by atoms with Gasteiger partial charge in [-0.25, -0.2) is 0 Å². The number of nitrogens with zero attached hydrogens (tertiary/aromatic N) is 2. The van der Waals surface area contributed by atoms with Crippen LogP contribution in [0.5, 0.6) is 0 Å². The van der Waals surface area contributed by atoms with E-state index in [0.717, 1.165) is 11.4 Å². The summed E-state index contributed by atoms with van der Waals surface area (Å²) in [6.45, 7) is 0. The van der Waals surface area contributed by atoms with Crippen molar-refractivity contribution in [1.29, 1.82) is 0 Å². The first-order valence-electron chi connectivity index (χ1n) is 32.2. The molecule has 2 aromatic heterocycles. The van der Waals surface area contributed by atoms with Gasteiger partial charge >= 0.3 is 0 Å². The van der Waals surface area contributed by atoms with Crippen molar-refractivity contribution in [3.8, 4) is 100 Å². The van der Waals surface area contributed by atoms with E-state index in [4.69, 9.17) is 0 Å². The van der Waals surface area contributed by atoms with Gasteiger partial charge in [0.25, 0.3) is 0 Å². The van der Waals surface area contributed by atoms with Gasteiger partial charge < -0.3 is 9.13 Å². The van der Waals surface area contributed by atoms with Crippen molar-refractivity contribution in [1.82, 2.24) is 9.13 Å². The number of hydrogen-bond donors (Lipinski definition) is 0. The zero-order valence-electron chi connectivity index (χ0n) is 51.0. The molecule has 0 bridgehead atoms. The molecule has 93 heavy (non-hydrogen) atoms. The molecule has 0 unspecified atom stereocenters. The van der Waals surface area contributed by atoms with Gasteiger partial charge in [0.05, 0.1) is 27.5 Å². The predicted octanol–water partition coefficient (Wildman–Crippen LogP) is 23.9. The molecule has 434 valence electrons. The molecule has 2 heteroatoms. The largest absolute Gasteiger partial charge is 0.309 e. The first-order valence-corrected chi connectivity index (χ1v) is 32.2. The fourth-order valence-electron chi connectivity index (χ4n) is 15.2. The van der Waals surface area contributed by atoms with Crippen molar-refractivity contribution in [3.63, 3.8) is 0 Å². The maximum absolute atomic E-state index is 2.43. The Kier molecular flexibility index (Phi) is 12.8. The highest BCUT2D eigenvalue weighted by atomic mass is 15.0. The number of fused-ring (bicyclic) bond motifs is 9. The van der Waals surface area contributed by atoms with Crippen molar-refractivity contribution < 1.29 is 0 Å². The van der Waals surface area contributed by atoms with Crippen LogP contribution in [0.4, 0.5) is 0 Å². The molecule has 2 heterocycles. The molecule has 0 spiro atoms. The molecule has 0 N–H and O–H groups in total. The fourth-order valence-corrected chi connectivity index (χ4v) is 15.2. The van der Waals surface area contributed by atoms with Crippen LogP contribution in [-0.4, -0.2) is 9.13 Å². The van der Waals surface area contributed by atoms with Crippen LogP contribution in [0.1, 0.15) is 22.3 Å². The molecule has 0 amide bonds. The van der Waals surface area contributed by atoms with Gasteiger partial charge in [0.2, 0.25) is 0 Å². The molecule has 18 rings (SSSR count). The van der Waals surface area contributed by atoms with Gasteiger partial charge in [-0.05, 0) is 184 Å². The third kappa shape index (κ3) is 9.02. The second kappa shape index (κ2) is 22.1. The van der Waals surface area contributed by atoms with Gasteiger partial charge in [0.15, 0.2) is 0 Å². The molecule has 0 aliphatic heterocycles. The van der Waals surface area contributed by atoms with Crippen molar-refractivity contribution in [2.45, 2.75) is 5.41 Å². The first kappa shape index (κ1) is 53.9. The smallest absolute Gasteiger partial charge is 0.0713 e. The fraction of sp³-hybridized carbons (Fsp3) is 0.0110. The lowest BCUT2D eigenvalue weighted by Gasteiger charge is -2.34. The van der Waals surface area contributed by atoms with Gasteiger partial charge in [-0.1, -0.05) is 291 Å². The van der Waals surface area contributed by atoms with Crippen LogP contribution in [0.25, 0.3) is 144 Å². The van der Waals surface area contributed by atoms with Gasteiger partial charge in [-0.2, -0.15) is 0 Å². The molecule has 15 aromatic carbocycles. The third-order valence-electron chi connectivity index (χ3n) is 19.6. The summed E-state index contributed by atoms with van der Waals surface area (Å²) in [5, 5.41) is 4.94. The molecular weight excluding hydrogens is 1120 g/mol. The average Bonchev–Trinajstić information content (AvgIpc) is 1.57. The Labute approximate surface area is 541 Å². The van der Waals surface area contributed by atoms with E-state index in [1.807, 2.05) is 0 Å². The highest BCUT2D eigenvalue weighted by Crippen LogP contribution is 2.57. The summed E-state index contributed by atoms with van der Waals surface area (Å²) < 4.78 is 4.84. The number of benzene rings is 15. The molecule has 17 aromatic rings. The quantitative estimate of drug-likeness (QED) is 0.122. The van der Waals surface area contributed by atoms with Crippen LogP contribution in [0, 0.1) is 0 Å². The van der Waals surface area contributed by atoms with Gasteiger partial charge in [-0.3, -0.25) is 0 Å². The molecular formula is C91H60N2. The van der Waals surface area contributed by atoms with Gasteiger partial charge in [0, 0.05) is 32.9 Å². The Balaban J connectivity index is 0.639. The zero-order valence-corrected chi connectivity index (χ0v) is 51.0. The minimum atomic E-state index is -0.543. The van der Waals surface area contributed by atoms with Crippen molar-refractivity contribution in [2.75, 3.05) is 0 Å². The Morgan fingerprint density at radius 2 is 0.452 bits per heavy atom. The SMILES string of the molecule is c1ccc(-c2ccc(-c3cccc(C4(c5cccc(-c6ccc(-c7ccc(-c8cccc(-n9c%10ccccc%10c%10cc(-c%11ccc%12c(c%11)c%11ccccc%11n%12-c%11cccc(-c%12ccccc%12)c%11)ccc%109)c8)cc7)cc6)c5)c5ccccc5-c5ccccc54)c3)cc2)cc1. The van der Waals surface area contributed by atoms with E-state index < -0.39 is 5.41 Å². The summed E-state index contributed by atoms with van der Waals surface area (Å²) in [4.78, 5) is 0. The Morgan fingerprint density at radius 3 is 0.871 bits per heavy atom. The third-order valence-corrected chi connectivity index (χ3v) is 19.6. The Bertz CT molecular complexity index is 5670.